The summed E-state index contributed by atoms with van der Waals surface area (Å²) >= 11 is 0. The van der Waals surface area contributed by atoms with Gasteiger partial charge >= 0.3 is 0 Å². The quantitative estimate of drug-likeness (QED) is 0.770. The Morgan fingerprint density at radius 2 is 2.35 bits per heavy atom. The van der Waals surface area contributed by atoms with Gasteiger partial charge in [-0.3, -0.25) is 9.63 Å². The lowest BCUT2D eigenvalue weighted by atomic mass is 10.0. The summed E-state index contributed by atoms with van der Waals surface area (Å²) in [5, 5.41) is 6.36. The molecule has 0 spiro atoms. The van der Waals surface area contributed by atoms with E-state index in [1.54, 1.807) is 0 Å². The average Bonchev–Trinajstić information content (AvgIpc) is 3.03. The van der Waals surface area contributed by atoms with Gasteiger partial charge in [0.25, 0.3) is 0 Å². The van der Waals surface area contributed by atoms with Gasteiger partial charge in [-0.1, -0.05) is 18.2 Å². The van der Waals surface area contributed by atoms with Crippen molar-refractivity contribution in [1.29, 1.82) is 0 Å². The van der Waals surface area contributed by atoms with Crippen LogP contribution in [0.3, 0.4) is 0 Å². The number of hydrogen-bond donors (Lipinski definition) is 3. The van der Waals surface area contributed by atoms with Crippen LogP contribution in [-0.2, 0) is 16.1 Å². The third kappa shape index (κ3) is 2.51. The second-order valence-electron chi connectivity index (χ2n) is 5.69. The van der Waals surface area contributed by atoms with Crippen molar-refractivity contribution in [1.82, 2.24) is 10.8 Å². The molecule has 1 saturated heterocycles. The van der Waals surface area contributed by atoms with E-state index in [1.807, 2.05) is 13.0 Å². The van der Waals surface area contributed by atoms with Crippen molar-refractivity contribution in [3.63, 3.8) is 0 Å². The number of carbonyl (C=O) groups excluding carboxylic acids is 1. The van der Waals surface area contributed by atoms with E-state index in [-0.39, 0.29) is 18.1 Å². The molecule has 1 amide bonds. The number of para-hydroxylation sites is 1. The van der Waals surface area contributed by atoms with Crippen molar-refractivity contribution in [2.24, 2.45) is 5.92 Å². The predicted molar refractivity (Wildman–Crippen MR) is 77.3 cm³/mol. The van der Waals surface area contributed by atoms with Gasteiger partial charge in [-0.05, 0) is 25.0 Å². The van der Waals surface area contributed by atoms with Crippen LogP contribution in [0.2, 0.25) is 0 Å². The molecule has 0 radical (unpaired) electrons. The van der Waals surface area contributed by atoms with Crippen LogP contribution in [0.15, 0.2) is 18.2 Å². The molecule has 1 aromatic rings. The fourth-order valence-corrected chi connectivity index (χ4v) is 2.85. The second kappa shape index (κ2) is 5.42. The molecular weight excluding hydrogens is 254 g/mol. The molecule has 0 aromatic heterocycles. The van der Waals surface area contributed by atoms with Crippen LogP contribution in [0, 0.1) is 12.8 Å². The molecule has 3 N–H and O–H groups in total. The van der Waals surface area contributed by atoms with Gasteiger partial charge in [-0.15, -0.1) is 0 Å². The zero-order chi connectivity index (χ0) is 14.1. The lowest BCUT2D eigenvalue weighted by Gasteiger charge is -2.16. The summed E-state index contributed by atoms with van der Waals surface area (Å²) in [6, 6.07) is 6.03. The molecule has 1 fully saturated rings. The molecule has 108 valence electrons. The first kappa shape index (κ1) is 13.4. The summed E-state index contributed by atoms with van der Waals surface area (Å²) in [6.07, 6.45) is 0.906. The summed E-state index contributed by atoms with van der Waals surface area (Å²) in [6.45, 7) is 5.53. The molecule has 20 heavy (non-hydrogen) atoms. The van der Waals surface area contributed by atoms with Crippen LogP contribution in [0.1, 0.15) is 18.1 Å². The number of anilines is 1. The lowest BCUT2D eigenvalue weighted by molar-refractivity contribution is -0.121. The van der Waals surface area contributed by atoms with Gasteiger partial charge in [-0.2, -0.15) is 0 Å². The highest BCUT2D eigenvalue weighted by atomic mass is 16.7. The molecule has 2 heterocycles. The summed E-state index contributed by atoms with van der Waals surface area (Å²) in [4.78, 5) is 17.5. The molecular formula is C15H21N3O2. The first-order chi connectivity index (χ1) is 9.65. The highest BCUT2D eigenvalue weighted by molar-refractivity contribution is 5.87. The Labute approximate surface area is 119 Å². The fraction of sp³-hybridized carbons (Fsp3) is 0.533. The number of hydroxylamine groups is 1. The summed E-state index contributed by atoms with van der Waals surface area (Å²) < 4.78 is 0. The largest absolute Gasteiger partial charge is 0.373 e. The van der Waals surface area contributed by atoms with Gasteiger partial charge < -0.3 is 10.6 Å². The average molecular weight is 275 g/mol. The molecule has 1 aromatic carbocycles. The molecule has 0 saturated carbocycles. The van der Waals surface area contributed by atoms with E-state index in [9.17, 15) is 4.79 Å². The number of carbonyl (C=O) groups is 1. The molecule has 3 rings (SSSR count). The molecule has 5 heteroatoms. The van der Waals surface area contributed by atoms with Gasteiger partial charge in [-0.25, -0.2) is 5.48 Å². The van der Waals surface area contributed by atoms with E-state index in [1.165, 1.54) is 11.1 Å². The lowest BCUT2D eigenvalue weighted by Crippen LogP contribution is -2.42. The normalized spacial score (nSPS) is 28.0. The zero-order valence-electron chi connectivity index (χ0n) is 11.9. The van der Waals surface area contributed by atoms with Crippen LogP contribution < -0.4 is 16.1 Å². The summed E-state index contributed by atoms with van der Waals surface area (Å²) in [5.74, 6) is 0.407. The standard InChI is InChI=1S/C15H21N3O2/c1-9-4-3-5-11-6-13(18-14(9)11)15(19)16-7-12-8-17-20-10(12)2/h3-5,10,12-13,17-18H,6-8H2,1-2H3,(H,16,19). The van der Waals surface area contributed by atoms with Crippen molar-refractivity contribution in [2.45, 2.75) is 32.4 Å². The Morgan fingerprint density at radius 3 is 3.05 bits per heavy atom. The first-order valence-electron chi connectivity index (χ1n) is 7.16. The SMILES string of the molecule is Cc1cccc2c1NC(C(=O)NCC1CNOC1C)C2. The van der Waals surface area contributed by atoms with E-state index in [0.29, 0.717) is 12.5 Å². The Bertz CT molecular complexity index is 518. The third-order valence-corrected chi connectivity index (χ3v) is 4.24. The number of fused-ring (bicyclic) bond motifs is 1. The minimum Gasteiger partial charge on any atom is -0.373 e. The van der Waals surface area contributed by atoms with Crippen LogP contribution in [-0.4, -0.2) is 31.1 Å². The van der Waals surface area contributed by atoms with Gasteiger partial charge in [0.05, 0.1) is 6.10 Å². The predicted octanol–water partition coefficient (Wildman–Crippen LogP) is 0.987. The third-order valence-electron chi connectivity index (χ3n) is 4.24. The van der Waals surface area contributed by atoms with Gasteiger partial charge in [0.1, 0.15) is 6.04 Å². The van der Waals surface area contributed by atoms with Gasteiger partial charge in [0.15, 0.2) is 0 Å². The van der Waals surface area contributed by atoms with E-state index in [0.717, 1.165) is 18.7 Å². The van der Waals surface area contributed by atoms with Crippen molar-refractivity contribution < 1.29 is 9.63 Å². The first-order valence-corrected chi connectivity index (χ1v) is 7.16. The maximum Gasteiger partial charge on any atom is 0.242 e. The van der Waals surface area contributed by atoms with Crippen molar-refractivity contribution >= 4 is 11.6 Å². The molecule has 3 atom stereocenters. The van der Waals surface area contributed by atoms with E-state index >= 15 is 0 Å². The minimum absolute atomic E-state index is 0.0692. The van der Waals surface area contributed by atoms with Crippen LogP contribution in [0.25, 0.3) is 0 Å². The molecule has 0 bridgehead atoms. The van der Waals surface area contributed by atoms with Crippen molar-refractivity contribution in [2.75, 3.05) is 18.4 Å². The monoisotopic (exact) mass is 275 g/mol. The van der Waals surface area contributed by atoms with Gasteiger partial charge in [0.2, 0.25) is 5.91 Å². The maximum atomic E-state index is 12.3. The van der Waals surface area contributed by atoms with Crippen molar-refractivity contribution in [3.05, 3.63) is 29.3 Å². The molecule has 0 aliphatic carbocycles. The Balaban J connectivity index is 1.56. The van der Waals surface area contributed by atoms with E-state index < -0.39 is 0 Å². The van der Waals surface area contributed by atoms with Gasteiger partial charge in [0, 0.05) is 31.1 Å². The Hall–Kier alpha value is -1.59. The summed E-state index contributed by atoms with van der Waals surface area (Å²) in [5.41, 5.74) is 6.41. The van der Waals surface area contributed by atoms with E-state index in [2.05, 4.69) is 35.2 Å². The molecule has 5 nitrogen and oxygen atoms in total. The molecule has 2 aliphatic heterocycles. The number of amides is 1. The van der Waals surface area contributed by atoms with E-state index in [4.69, 9.17) is 4.84 Å². The highest BCUT2D eigenvalue weighted by Gasteiger charge is 2.29. The minimum atomic E-state index is -0.156. The fourth-order valence-electron chi connectivity index (χ4n) is 2.85. The topological polar surface area (TPSA) is 62.4 Å². The number of aryl methyl sites for hydroxylation is 1. The molecule has 2 aliphatic rings. The second-order valence-corrected chi connectivity index (χ2v) is 5.69. The number of rotatable bonds is 3. The van der Waals surface area contributed by atoms with Crippen molar-refractivity contribution in [3.8, 4) is 0 Å². The Morgan fingerprint density at radius 1 is 1.50 bits per heavy atom. The van der Waals surface area contributed by atoms with Crippen LogP contribution >= 0.6 is 0 Å². The maximum absolute atomic E-state index is 12.3. The number of hydrogen-bond acceptors (Lipinski definition) is 4. The number of benzene rings is 1. The van der Waals surface area contributed by atoms with Crippen LogP contribution in [0.5, 0.6) is 0 Å². The highest BCUT2D eigenvalue weighted by Crippen LogP contribution is 2.29. The van der Waals surface area contributed by atoms with Crippen LogP contribution in [0.4, 0.5) is 5.69 Å². The zero-order valence-corrected chi connectivity index (χ0v) is 11.9. The summed E-state index contributed by atoms with van der Waals surface area (Å²) in [7, 11) is 0. The Kier molecular flexibility index (Phi) is 3.63. The molecule has 3 unspecified atom stereocenters. The number of nitrogens with one attached hydrogen (secondary N) is 3. The smallest absolute Gasteiger partial charge is 0.242 e.